The summed E-state index contributed by atoms with van der Waals surface area (Å²) >= 11 is 0. The lowest BCUT2D eigenvalue weighted by molar-refractivity contribution is 0.524. The maximum Gasteiger partial charge on any atom is 0.160 e. The van der Waals surface area contributed by atoms with E-state index in [1.807, 2.05) is 10.7 Å². The molecule has 0 spiro atoms. The van der Waals surface area contributed by atoms with E-state index in [1.165, 1.54) is 62.6 Å². The van der Waals surface area contributed by atoms with Crippen LogP contribution in [0.4, 0.5) is 5.82 Å². The van der Waals surface area contributed by atoms with Crippen LogP contribution in [0.1, 0.15) is 68.5 Å². The summed E-state index contributed by atoms with van der Waals surface area (Å²) in [7, 11) is 0. The molecule has 3 aliphatic rings. The van der Waals surface area contributed by atoms with E-state index in [9.17, 15) is 0 Å². The first-order valence-corrected chi connectivity index (χ1v) is 9.41. The van der Waals surface area contributed by atoms with E-state index in [2.05, 4.69) is 23.4 Å². The number of fused-ring (bicyclic) bond motifs is 1. The minimum absolute atomic E-state index is 0.609. The minimum atomic E-state index is 0.609. The van der Waals surface area contributed by atoms with Crippen molar-refractivity contribution in [2.45, 2.75) is 70.3 Å². The fourth-order valence-corrected chi connectivity index (χ4v) is 4.42. The molecular formula is C19H26N4. The third-order valence-electron chi connectivity index (χ3n) is 5.98. The number of aromatic nitrogens is 3. The van der Waals surface area contributed by atoms with Crippen LogP contribution in [0.2, 0.25) is 0 Å². The number of aryl methyl sites for hydroxylation is 1. The van der Waals surface area contributed by atoms with Crippen LogP contribution >= 0.6 is 0 Å². The Morgan fingerprint density at radius 3 is 2.43 bits per heavy atom. The summed E-state index contributed by atoms with van der Waals surface area (Å²) in [5, 5.41) is 8.34. The van der Waals surface area contributed by atoms with Crippen molar-refractivity contribution in [3.63, 3.8) is 0 Å². The van der Waals surface area contributed by atoms with Crippen molar-refractivity contribution in [2.75, 3.05) is 5.32 Å². The van der Waals surface area contributed by atoms with Crippen molar-refractivity contribution in [1.29, 1.82) is 0 Å². The highest BCUT2D eigenvalue weighted by Crippen LogP contribution is 2.54. The van der Waals surface area contributed by atoms with Gasteiger partial charge in [0.1, 0.15) is 5.82 Å². The van der Waals surface area contributed by atoms with E-state index < -0.39 is 0 Å². The van der Waals surface area contributed by atoms with Crippen LogP contribution in [-0.4, -0.2) is 20.6 Å². The van der Waals surface area contributed by atoms with Gasteiger partial charge in [-0.15, -0.1) is 0 Å². The van der Waals surface area contributed by atoms with Crippen LogP contribution < -0.4 is 5.32 Å². The van der Waals surface area contributed by atoms with Crippen LogP contribution in [0.5, 0.6) is 0 Å². The molecule has 0 aliphatic heterocycles. The Balaban J connectivity index is 1.57. The fraction of sp³-hybridized carbons (Fsp3) is 0.684. The highest BCUT2D eigenvalue weighted by atomic mass is 15.3. The van der Waals surface area contributed by atoms with Gasteiger partial charge >= 0.3 is 0 Å². The molecule has 0 radical (unpaired) electrons. The van der Waals surface area contributed by atoms with Gasteiger partial charge in [0.25, 0.3) is 0 Å². The van der Waals surface area contributed by atoms with Gasteiger partial charge in [0.2, 0.25) is 0 Å². The van der Waals surface area contributed by atoms with Crippen molar-refractivity contribution in [1.82, 2.24) is 14.6 Å². The summed E-state index contributed by atoms with van der Waals surface area (Å²) < 4.78 is 2.02. The van der Waals surface area contributed by atoms with Crippen molar-refractivity contribution < 1.29 is 0 Å². The van der Waals surface area contributed by atoms with Crippen LogP contribution in [0.15, 0.2) is 12.3 Å². The summed E-state index contributed by atoms with van der Waals surface area (Å²) in [4.78, 5) is 5.05. The number of nitrogens with zero attached hydrogens (tertiary/aromatic N) is 3. The zero-order chi connectivity index (χ0) is 15.4. The molecule has 122 valence electrons. The van der Waals surface area contributed by atoms with E-state index in [0.29, 0.717) is 12.0 Å². The van der Waals surface area contributed by atoms with Crippen LogP contribution in [-0.2, 0) is 0 Å². The third kappa shape index (κ3) is 2.52. The molecule has 4 heteroatoms. The van der Waals surface area contributed by atoms with E-state index >= 15 is 0 Å². The highest BCUT2D eigenvalue weighted by Gasteiger charge is 2.43. The number of nitrogens with one attached hydrogen (secondary N) is 1. The number of hydrogen-bond acceptors (Lipinski definition) is 3. The van der Waals surface area contributed by atoms with Gasteiger partial charge in [0, 0.05) is 23.6 Å². The zero-order valence-corrected chi connectivity index (χ0v) is 14.0. The number of anilines is 1. The molecule has 0 amide bonds. The second-order valence-corrected chi connectivity index (χ2v) is 7.96. The van der Waals surface area contributed by atoms with Gasteiger partial charge < -0.3 is 5.32 Å². The molecule has 1 N–H and O–H groups in total. The van der Waals surface area contributed by atoms with Gasteiger partial charge in [-0.1, -0.05) is 12.8 Å². The molecule has 0 saturated heterocycles. The van der Waals surface area contributed by atoms with Gasteiger partial charge in [-0.2, -0.15) is 9.61 Å². The van der Waals surface area contributed by atoms with E-state index in [1.54, 1.807) is 0 Å². The lowest BCUT2D eigenvalue weighted by Gasteiger charge is -2.19. The van der Waals surface area contributed by atoms with E-state index in [4.69, 9.17) is 4.98 Å². The molecule has 0 unspecified atom stereocenters. The quantitative estimate of drug-likeness (QED) is 0.895. The summed E-state index contributed by atoms with van der Waals surface area (Å²) in [5.74, 6) is 3.63. The molecule has 4 nitrogen and oxygen atoms in total. The molecule has 0 aromatic carbocycles. The summed E-state index contributed by atoms with van der Waals surface area (Å²) in [5.41, 5.74) is 3.56. The molecule has 0 bridgehead atoms. The first-order chi connectivity index (χ1) is 11.3. The second kappa shape index (κ2) is 5.22. The molecule has 3 fully saturated rings. The lowest BCUT2D eigenvalue weighted by atomic mass is 9.93. The Kier molecular flexibility index (Phi) is 3.14. The first-order valence-electron chi connectivity index (χ1n) is 9.41. The fourth-order valence-electron chi connectivity index (χ4n) is 4.42. The van der Waals surface area contributed by atoms with Crippen LogP contribution in [0.3, 0.4) is 0 Å². The summed E-state index contributed by atoms with van der Waals surface area (Å²) in [6.45, 7) is 2.13. The van der Waals surface area contributed by atoms with E-state index in [-0.39, 0.29) is 0 Å². The smallest absolute Gasteiger partial charge is 0.160 e. The van der Waals surface area contributed by atoms with Gasteiger partial charge in [-0.25, -0.2) is 4.98 Å². The van der Waals surface area contributed by atoms with E-state index in [0.717, 1.165) is 23.3 Å². The van der Waals surface area contributed by atoms with Crippen molar-refractivity contribution in [3.05, 3.63) is 23.5 Å². The largest absolute Gasteiger partial charge is 0.367 e. The molecule has 2 aromatic heterocycles. The van der Waals surface area contributed by atoms with Crippen molar-refractivity contribution in [3.8, 4) is 0 Å². The monoisotopic (exact) mass is 310 g/mol. The van der Waals surface area contributed by atoms with Crippen molar-refractivity contribution in [2.24, 2.45) is 11.8 Å². The highest BCUT2D eigenvalue weighted by molar-refractivity contribution is 5.55. The Hall–Kier alpha value is -1.58. The molecule has 23 heavy (non-hydrogen) atoms. The Morgan fingerprint density at radius 2 is 1.78 bits per heavy atom. The van der Waals surface area contributed by atoms with Crippen LogP contribution in [0.25, 0.3) is 5.65 Å². The molecule has 0 atom stereocenters. The maximum absolute atomic E-state index is 5.05. The zero-order valence-electron chi connectivity index (χ0n) is 14.0. The average Bonchev–Trinajstić information content (AvgIpc) is 3.47. The predicted molar refractivity (Wildman–Crippen MR) is 91.8 cm³/mol. The normalized spacial score (nSPS) is 22.3. The summed E-state index contributed by atoms with van der Waals surface area (Å²) in [6.07, 6.45) is 12.8. The number of hydrogen-bond donors (Lipinski definition) is 1. The Labute approximate surface area is 137 Å². The second-order valence-electron chi connectivity index (χ2n) is 7.96. The SMILES string of the molecule is Cc1cnn2c(NC3CCCC3)cc(C(C3CC3)C3CC3)nc12. The Bertz CT molecular complexity index is 708. The molecular weight excluding hydrogens is 284 g/mol. The van der Waals surface area contributed by atoms with Crippen LogP contribution in [0, 0.1) is 18.8 Å². The minimum Gasteiger partial charge on any atom is -0.367 e. The first kappa shape index (κ1) is 13.8. The number of rotatable bonds is 5. The summed E-state index contributed by atoms with van der Waals surface area (Å²) in [6, 6.07) is 2.93. The van der Waals surface area contributed by atoms with Gasteiger partial charge in [-0.3, -0.25) is 0 Å². The average molecular weight is 310 g/mol. The molecule has 3 saturated carbocycles. The van der Waals surface area contributed by atoms with Crippen molar-refractivity contribution >= 4 is 11.5 Å². The predicted octanol–water partition coefficient (Wildman–Crippen LogP) is 4.30. The molecule has 3 aliphatic carbocycles. The topological polar surface area (TPSA) is 42.2 Å². The van der Waals surface area contributed by atoms with Gasteiger partial charge in [0.05, 0.1) is 11.9 Å². The lowest BCUT2D eigenvalue weighted by Crippen LogP contribution is -2.19. The van der Waals surface area contributed by atoms with Gasteiger partial charge in [-0.05, 0) is 57.3 Å². The van der Waals surface area contributed by atoms with Gasteiger partial charge in [0.15, 0.2) is 5.65 Å². The Morgan fingerprint density at radius 1 is 1.09 bits per heavy atom. The molecule has 2 heterocycles. The molecule has 5 rings (SSSR count). The third-order valence-corrected chi connectivity index (χ3v) is 5.98. The molecule has 2 aromatic rings. The maximum atomic E-state index is 5.05. The standard InChI is InChI=1S/C19H26N4/c1-12-11-20-23-17(21-15-4-2-3-5-15)10-16(22-19(12)23)18(13-6-7-13)14-8-9-14/h10-11,13-15,18,21H,2-9H2,1H3.